The average Bonchev–Trinajstić information content (AvgIpc) is 3.15. The van der Waals surface area contributed by atoms with E-state index in [1.807, 2.05) is 19.3 Å². The van der Waals surface area contributed by atoms with Gasteiger partial charge in [-0.2, -0.15) is 5.10 Å². The van der Waals surface area contributed by atoms with Gasteiger partial charge in [-0.1, -0.05) is 26.0 Å². The van der Waals surface area contributed by atoms with E-state index < -0.39 is 0 Å². The van der Waals surface area contributed by atoms with Gasteiger partial charge in [-0.25, -0.2) is 9.97 Å². The van der Waals surface area contributed by atoms with Crippen LogP contribution in [0.25, 0.3) is 11.3 Å². The molecule has 2 aromatic heterocycles. The predicted molar refractivity (Wildman–Crippen MR) is 125 cm³/mol. The maximum atomic E-state index is 4.69. The summed E-state index contributed by atoms with van der Waals surface area (Å²) in [6, 6.07) is 8.62. The van der Waals surface area contributed by atoms with Crippen molar-refractivity contribution in [1.29, 1.82) is 0 Å². The Labute approximate surface area is 185 Å². The Morgan fingerprint density at radius 3 is 2.52 bits per heavy atom. The molecule has 7 heteroatoms. The summed E-state index contributed by atoms with van der Waals surface area (Å²) in [4.78, 5) is 14.2. The molecule has 0 saturated carbocycles. The summed E-state index contributed by atoms with van der Waals surface area (Å²) in [5.41, 5.74) is 5.60. The van der Waals surface area contributed by atoms with Crippen molar-refractivity contribution in [2.24, 2.45) is 13.0 Å². The molecule has 1 aliphatic heterocycles. The molecule has 0 atom stereocenters. The number of hydrogen-bond donors (Lipinski definition) is 1. The zero-order valence-electron chi connectivity index (χ0n) is 19.0. The van der Waals surface area contributed by atoms with Crippen LogP contribution in [-0.4, -0.2) is 62.3 Å². The fourth-order valence-electron chi connectivity index (χ4n) is 4.11. The minimum absolute atomic E-state index is 0.575. The minimum Gasteiger partial charge on any atom is -0.321 e. The van der Waals surface area contributed by atoms with Crippen molar-refractivity contribution in [3.05, 3.63) is 54.0 Å². The Balaban J connectivity index is 1.40. The number of nitrogens with one attached hydrogen (secondary N) is 1. The first-order chi connectivity index (χ1) is 15.0. The standard InChI is InChI=1S/C24H33N7/c1-18(2)15-30-9-11-31(12-10-30)16-21-6-5-20(13-19(21)3)23-7-8-25-24(28-23)27-22-14-26-29(4)17-22/h5-8,13-14,17-18H,9-12,15-16H2,1-4H3,(H,25,27,28). The van der Waals surface area contributed by atoms with Crippen LogP contribution in [0.3, 0.4) is 0 Å². The number of piperazine rings is 1. The number of benzene rings is 1. The third-order valence-electron chi connectivity index (χ3n) is 5.74. The first-order valence-electron chi connectivity index (χ1n) is 11.1. The Morgan fingerprint density at radius 1 is 1.06 bits per heavy atom. The van der Waals surface area contributed by atoms with Crippen molar-refractivity contribution in [3.63, 3.8) is 0 Å². The van der Waals surface area contributed by atoms with Crippen LogP contribution in [0.1, 0.15) is 25.0 Å². The summed E-state index contributed by atoms with van der Waals surface area (Å²) in [5, 5.41) is 7.39. The Hall–Kier alpha value is -2.77. The SMILES string of the molecule is Cc1cc(-c2ccnc(Nc3cnn(C)c3)n2)ccc1CN1CCN(CC(C)C)CC1. The summed E-state index contributed by atoms with van der Waals surface area (Å²) in [5.74, 6) is 1.31. The van der Waals surface area contributed by atoms with Crippen LogP contribution >= 0.6 is 0 Å². The number of anilines is 2. The van der Waals surface area contributed by atoms with Crippen molar-refractivity contribution in [2.45, 2.75) is 27.3 Å². The van der Waals surface area contributed by atoms with Gasteiger partial charge in [-0.3, -0.25) is 9.58 Å². The molecule has 0 bridgehead atoms. The molecule has 4 rings (SSSR count). The number of hydrogen-bond acceptors (Lipinski definition) is 6. The third kappa shape index (κ3) is 5.68. The van der Waals surface area contributed by atoms with E-state index >= 15 is 0 Å². The largest absolute Gasteiger partial charge is 0.321 e. The number of rotatable bonds is 7. The van der Waals surface area contributed by atoms with Gasteiger partial charge in [0.15, 0.2) is 0 Å². The zero-order chi connectivity index (χ0) is 21.8. The molecule has 0 aliphatic carbocycles. The van der Waals surface area contributed by atoms with Gasteiger partial charge in [0.05, 0.1) is 17.6 Å². The van der Waals surface area contributed by atoms with Gasteiger partial charge in [0.2, 0.25) is 5.95 Å². The average molecular weight is 420 g/mol. The van der Waals surface area contributed by atoms with Gasteiger partial charge >= 0.3 is 0 Å². The lowest BCUT2D eigenvalue weighted by Crippen LogP contribution is -2.46. The molecule has 0 spiro atoms. The van der Waals surface area contributed by atoms with Crippen molar-refractivity contribution >= 4 is 11.6 Å². The van der Waals surface area contributed by atoms with Crippen molar-refractivity contribution in [3.8, 4) is 11.3 Å². The van der Waals surface area contributed by atoms with Crippen LogP contribution in [0.5, 0.6) is 0 Å². The molecule has 0 radical (unpaired) electrons. The first-order valence-corrected chi connectivity index (χ1v) is 11.1. The molecule has 164 valence electrons. The quantitative estimate of drug-likeness (QED) is 0.630. The Morgan fingerprint density at radius 2 is 1.84 bits per heavy atom. The van der Waals surface area contributed by atoms with Crippen molar-refractivity contribution < 1.29 is 0 Å². The van der Waals surface area contributed by atoms with Crippen molar-refractivity contribution in [1.82, 2.24) is 29.5 Å². The highest BCUT2D eigenvalue weighted by Crippen LogP contribution is 2.23. The van der Waals surface area contributed by atoms with Gasteiger partial charge in [-0.05, 0) is 36.1 Å². The van der Waals surface area contributed by atoms with E-state index in [9.17, 15) is 0 Å². The van der Waals surface area contributed by atoms with E-state index in [0.717, 1.165) is 42.5 Å². The van der Waals surface area contributed by atoms with Gasteiger partial charge in [-0.15, -0.1) is 0 Å². The molecule has 0 amide bonds. The van der Waals surface area contributed by atoms with E-state index in [4.69, 9.17) is 4.98 Å². The molecular weight excluding hydrogens is 386 g/mol. The second-order valence-corrected chi connectivity index (χ2v) is 8.91. The maximum absolute atomic E-state index is 4.69. The van der Waals surface area contributed by atoms with E-state index in [-0.39, 0.29) is 0 Å². The lowest BCUT2D eigenvalue weighted by molar-refractivity contribution is 0.117. The molecule has 1 saturated heterocycles. The minimum atomic E-state index is 0.575. The predicted octanol–water partition coefficient (Wildman–Crippen LogP) is 3.70. The topological polar surface area (TPSA) is 62.1 Å². The molecule has 3 aromatic rings. The highest BCUT2D eigenvalue weighted by molar-refractivity contribution is 5.63. The lowest BCUT2D eigenvalue weighted by Gasteiger charge is -2.35. The van der Waals surface area contributed by atoms with E-state index in [0.29, 0.717) is 5.95 Å². The second kappa shape index (κ2) is 9.58. The number of nitrogens with zero attached hydrogens (tertiary/aromatic N) is 6. The number of aryl methyl sites for hydroxylation is 2. The Bertz CT molecular complexity index is 1000. The summed E-state index contributed by atoms with van der Waals surface area (Å²) in [7, 11) is 1.89. The lowest BCUT2D eigenvalue weighted by atomic mass is 10.0. The molecule has 0 unspecified atom stereocenters. The molecule has 1 aliphatic rings. The molecule has 7 nitrogen and oxygen atoms in total. The van der Waals surface area contributed by atoms with Crippen LogP contribution in [0, 0.1) is 12.8 Å². The van der Waals surface area contributed by atoms with Crippen LogP contribution in [-0.2, 0) is 13.6 Å². The normalized spacial score (nSPS) is 15.5. The van der Waals surface area contributed by atoms with Gasteiger partial charge in [0.1, 0.15) is 0 Å². The smallest absolute Gasteiger partial charge is 0.227 e. The maximum Gasteiger partial charge on any atom is 0.227 e. The second-order valence-electron chi connectivity index (χ2n) is 8.91. The fraction of sp³-hybridized carbons (Fsp3) is 0.458. The number of aromatic nitrogens is 4. The van der Waals surface area contributed by atoms with E-state index in [1.165, 1.54) is 30.8 Å². The fourth-order valence-corrected chi connectivity index (χ4v) is 4.11. The summed E-state index contributed by atoms with van der Waals surface area (Å²) in [6.07, 6.45) is 5.45. The molecule has 3 heterocycles. The van der Waals surface area contributed by atoms with Gasteiger partial charge in [0.25, 0.3) is 0 Å². The molecule has 31 heavy (non-hydrogen) atoms. The molecule has 1 fully saturated rings. The monoisotopic (exact) mass is 419 g/mol. The van der Waals surface area contributed by atoms with E-state index in [1.54, 1.807) is 17.1 Å². The highest BCUT2D eigenvalue weighted by atomic mass is 15.3. The molecule has 1 aromatic carbocycles. The van der Waals surface area contributed by atoms with Gasteiger partial charge < -0.3 is 10.2 Å². The van der Waals surface area contributed by atoms with Crippen LogP contribution in [0.2, 0.25) is 0 Å². The first kappa shape index (κ1) is 21.5. The van der Waals surface area contributed by atoms with Crippen LogP contribution < -0.4 is 5.32 Å². The zero-order valence-corrected chi connectivity index (χ0v) is 19.0. The summed E-state index contributed by atoms with van der Waals surface area (Å²) >= 11 is 0. The Kier molecular flexibility index (Phi) is 6.63. The van der Waals surface area contributed by atoms with Crippen LogP contribution in [0.15, 0.2) is 42.9 Å². The van der Waals surface area contributed by atoms with Crippen molar-refractivity contribution in [2.75, 3.05) is 38.0 Å². The molecule has 1 N–H and O–H groups in total. The van der Waals surface area contributed by atoms with Crippen LogP contribution in [0.4, 0.5) is 11.6 Å². The summed E-state index contributed by atoms with van der Waals surface area (Å²) in [6.45, 7) is 13.6. The third-order valence-corrected chi connectivity index (χ3v) is 5.74. The highest BCUT2D eigenvalue weighted by Gasteiger charge is 2.18. The van der Waals surface area contributed by atoms with E-state index in [2.05, 4.69) is 64.2 Å². The summed E-state index contributed by atoms with van der Waals surface area (Å²) < 4.78 is 1.75. The van der Waals surface area contributed by atoms with Gasteiger partial charge in [0, 0.05) is 64.3 Å². The molecular formula is C24H33N7.